The molecule has 2 rings (SSSR count). The number of benzene rings is 1. The van der Waals surface area contributed by atoms with Crippen LogP contribution >= 0.6 is 11.3 Å². The van der Waals surface area contributed by atoms with Crippen LogP contribution in [0.2, 0.25) is 0 Å². The molecule has 0 aliphatic heterocycles. The Bertz CT molecular complexity index is 650. The Labute approximate surface area is 128 Å². The molecule has 0 amide bonds. The highest BCUT2D eigenvalue weighted by Crippen LogP contribution is 2.32. The van der Waals surface area contributed by atoms with E-state index in [-0.39, 0.29) is 0 Å². The van der Waals surface area contributed by atoms with Gasteiger partial charge in [-0.05, 0) is 36.6 Å². The summed E-state index contributed by atoms with van der Waals surface area (Å²) in [6.45, 7) is 2.21. The van der Waals surface area contributed by atoms with E-state index in [9.17, 15) is 0 Å². The second kappa shape index (κ2) is 7.55. The molecule has 2 N–H and O–H groups in total. The quantitative estimate of drug-likeness (QED) is 0.576. The maximum atomic E-state index is 8.84. The van der Waals surface area contributed by atoms with Crippen molar-refractivity contribution >= 4 is 27.0 Å². The average molecular weight is 298 g/mol. The van der Waals surface area contributed by atoms with E-state index in [1.807, 2.05) is 18.2 Å². The first-order valence-electron chi connectivity index (χ1n) is 7.03. The molecule has 5 heteroatoms. The van der Waals surface area contributed by atoms with Gasteiger partial charge in [0, 0.05) is 0 Å². The molecule has 0 spiro atoms. The Morgan fingerprint density at radius 3 is 2.57 bits per heavy atom. The zero-order valence-corrected chi connectivity index (χ0v) is 12.9. The third-order valence-electron chi connectivity index (χ3n) is 3.14. The van der Waals surface area contributed by atoms with Gasteiger partial charge in [-0.15, -0.1) is 10.2 Å². The molecule has 21 heavy (non-hydrogen) atoms. The standard InChI is InChI=1S/C16H18N4S/c1-2-3-4-5-12-6-8-14(9-7-12)19-20-15-10-13(11-17)16(18)21-15/h6-10H,2-5,18H2,1H3. The maximum absolute atomic E-state index is 8.84. The van der Waals surface area contributed by atoms with Crippen LogP contribution in [0.3, 0.4) is 0 Å². The van der Waals surface area contributed by atoms with Crippen LogP contribution in [0, 0.1) is 11.3 Å². The van der Waals surface area contributed by atoms with Gasteiger partial charge in [0.2, 0.25) is 0 Å². The fourth-order valence-electron chi connectivity index (χ4n) is 1.94. The number of hydrogen-bond acceptors (Lipinski definition) is 5. The summed E-state index contributed by atoms with van der Waals surface area (Å²) in [7, 11) is 0. The van der Waals surface area contributed by atoms with E-state index in [0.29, 0.717) is 15.6 Å². The molecular formula is C16H18N4S. The molecule has 1 heterocycles. The minimum atomic E-state index is 0.459. The Hall–Kier alpha value is -2.19. The van der Waals surface area contributed by atoms with E-state index in [2.05, 4.69) is 29.3 Å². The number of azo groups is 1. The number of nitrogens with two attached hydrogens (primary N) is 1. The van der Waals surface area contributed by atoms with E-state index in [0.717, 1.165) is 12.1 Å². The Kier molecular flexibility index (Phi) is 5.47. The van der Waals surface area contributed by atoms with Gasteiger partial charge >= 0.3 is 0 Å². The summed E-state index contributed by atoms with van der Waals surface area (Å²) in [5.41, 5.74) is 8.29. The zero-order valence-electron chi connectivity index (χ0n) is 12.0. The van der Waals surface area contributed by atoms with Crippen molar-refractivity contribution in [2.75, 3.05) is 5.73 Å². The normalized spacial score (nSPS) is 10.9. The number of nitriles is 1. The predicted molar refractivity (Wildman–Crippen MR) is 87.3 cm³/mol. The van der Waals surface area contributed by atoms with Crippen molar-refractivity contribution in [2.24, 2.45) is 10.2 Å². The Morgan fingerprint density at radius 1 is 1.19 bits per heavy atom. The van der Waals surface area contributed by atoms with Crippen molar-refractivity contribution in [3.63, 3.8) is 0 Å². The van der Waals surface area contributed by atoms with Crippen LogP contribution in [-0.2, 0) is 6.42 Å². The Balaban J connectivity index is 1.99. The van der Waals surface area contributed by atoms with Gasteiger partial charge in [-0.3, -0.25) is 0 Å². The van der Waals surface area contributed by atoms with Crippen molar-refractivity contribution in [1.82, 2.24) is 0 Å². The number of thiophene rings is 1. The van der Waals surface area contributed by atoms with Crippen LogP contribution in [0.1, 0.15) is 37.3 Å². The van der Waals surface area contributed by atoms with Gasteiger partial charge in [-0.2, -0.15) is 5.26 Å². The summed E-state index contributed by atoms with van der Waals surface area (Å²) in [5.74, 6) is 0. The zero-order chi connectivity index (χ0) is 15.1. The van der Waals surface area contributed by atoms with Gasteiger partial charge in [-0.1, -0.05) is 43.2 Å². The first-order valence-corrected chi connectivity index (χ1v) is 7.84. The molecule has 108 valence electrons. The third-order valence-corrected chi connectivity index (χ3v) is 3.99. The smallest absolute Gasteiger partial charge is 0.142 e. The minimum absolute atomic E-state index is 0.459. The highest BCUT2D eigenvalue weighted by atomic mass is 32.1. The largest absolute Gasteiger partial charge is 0.389 e. The topological polar surface area (TPSA) is 74.5 Å². The maximum Gasteiger partial charge on any atom is 0.142 e. The lowest BCUT2D eigenvalue weighted by atomic mass is 10.1. The van der Waals surface area contributed by atoms with Gasteiger partial charge in [0.1, 0.15) is 16.1 Å². The summed E-state index contributed by atoms with van der Waals surface area (Å²) in [5, 5.41) is 18.3. The lowest BCUT2D eigenvalue weighted by Crippen LogP contribution is -1.83. The van der Waals surface area contributed by atoms with Gasteiger partial charge < -0.3 is 5.73 Å². The average Bonchev–Trinajstić information content (AvgIpc) is 2.87. The number of rotatable bonds is 6. The van der Waals surface area contributed by atoms with Crippen LogP contribution in [-0.4, -0.2) is 0 Å². The lowest BCUT2D eigenvalue weighted by molar-refractivity contribution is 0.717. The number of nitrogen functional groups attached to an aromatic ring is 1. The first kappa shape index (κ1) is 15.2. The van der Waals surface area contributed by atoms with Crippen LogP contribution in [0.25, 0.3) is 0 Å². The molecule has 4 nitrogen and oxygen atoms in total. The molecule has 0 saturated carbocycles. The molecule has 0 unspecified atom stereocenters. The molecule has 0 aliphatic rings. The Morgan fingerprint density at radius 2 is 1.95 bits per heavy atom. The van der Waals surface area contributed by atoms with Crippen molar-refractivity contribution in [1.29, 1.82) is 5.26 Å². The molecular weight excluding hydrogens is 280 g/mol. The number of anilines is 1. The molecule has 2 aromatic rings. The van der Waals surface area contributed by atoms with Gasteiger partial charge in [0.05, 0.1) is 11.3 Å². The molecule has 1 aromatic heterocycles. The summed E-state index contributed by atoms with van der Waals surface area (Å²) in [4.78, 5) is 0. The monoisotopic (exact) mass is 298 g/mol. The molecule has 0 fully saturated rings. The van der Waals surface area contributed by atoms with E-state index in [1.165, 1.54) is 36.2 Å². The fraction of sp³-hybridized carbons (Fsp3) is 0.312. The van der Waals surface area contributed by atoms with Crippen molar-refractivity contribution in [2.45, 2.75) is 32.6 Å². The second-order valence-electron chi connectivity index (χ2n) is 4.80. The van der Waals surface area contributed by atoms with Gasteiger partial charge in [-0.25, -0.2) is 0 Å². The molecule has 0 bridgehead atoms. The molecule has 1 aromatic carbocycles. The van der Waals surface area contributed by atoms with E-state index >= 15 is 0 Å². The summed E-state index contributed by atoms with van der Waals surface area (Å²) < 4.78 is 0. The minimum Gasteiger partial charge on any atom is -0.389 e. The van der Waals surface area contributed by atoms with Crippen LogP contribution in [0.15, 0.2) is 40.6 Å². The molecule has 0 aliphatic carbocycles. The number of nitrogens with zero attached hydrogens (tertiary/aromatic N) is 3. The second-order valence-corrected chi connectivity index (χ2v) is 5.86. The number of unbranched alkanes of at least 4 members (excludes halogenated alkanes) is 2. The van der Waals surface area contributed by atoms with Gasteiger partial charge in [0.15, 0.2) is 0 Å². The SMILES string of the molecule is CCCCCc1ccc(N=Nc2cc(C#N)c(N)s2)cc1. The van der Waals surface area contributed by atoms with Crippen LogP contribution in [0.5, 0.6) is 0 Å². The lowest BCUT2D eigenvalue weighted by Gasteiger charge is -2.00. The van der Waals surface area contributed by atoms with Crippen molar-refractivity contribution in [3.8, 4) is 6.07 Å². The van der Waals surface area contributed by atoms with Crippen molar-refractivity contribution < 1.29 is 0 Å². The van der Waals surface area contributed by atoms with Crippen molar-refractivity contribution in [3.05, 3.63) is 41.5 Å². The van der Waals surface area contributed by atoms with Gasteiger partial charge in [0.25, 0.3) is 0 Å². The third kappa shape index (κ3) is 4.40. The van der Waals surface area contributed by atoms with Crippen LogP contribution in [0.4, 0.5) is 15.7 Å². The van der Waals surface area contributed by atoms with E-state index < -0.39 is 0 Å². The highest BCUT2D eigenvalue weighted by Gasteiger charge is 2.04. The predicted octanol–water partition coefficient (Wildman–Crippen LogP) is 5.35. The van der Waals surface area contributed by atoms with E-state index in [4.69, 9.17) is 11.0 Å². The van der Waals surface area contributed by atoms with E-state index in [1.54, 1.807) is 6.07 Å². The fourth-order valence-corrected chi connectivity index (χ4v) is 2.64. The molecule has 0 saturated heterocycles. The highest BCUT2D eigenvalue weighted by molar-refractivity contribution is 7.19. The summed E-state index contributed by atoms with van der Waals surface area (Å²) in [6, 6.07) is 11.8. The van der Waals surface area contributed by atoms with Crippen LogP contribution < -0.4 is 5.73 Å². The number of aryl methyl sites for hydroxylation is 1. The summed E-state index contributed by atoms with van der Waals surface area (Å²) >= 11 is 1.27. The first-order chi connectivity index (χ1) is 10.2. The summed E-state index contributed by atoms with van der Waals surface area (Å²) in [6.07, 6.45) is 4.84. The number of hydrogen-bond donors (Lipinski definition) is 1. The molecule has 0 radical (unpaired) electrons. The molecule has 0 atom stereocenters.